The summed E-state index contributed by atoms with van der Waals surface area (Å²) in [6, 6.07) is 9.37. The van der Waals surface area contributed by atoms with E-state index in [4.69, 9.17) is 4.74 Å². The van der Waals surface area contributed by atoms with E-state index in [9.17, 15) is 4.79 Å². The Labute approximate surface area is 138 Å². The number of nitrogens with one attached hydrogen (secondary N) is 2. The fraction of sp³-hybridized carbons (Fsp3) is 0.611. The number of piperidine rings is 1. The Hall–Kier alpha value is -1.59. The molecule has 2 aliphatic rings. The molecule has 2 bridgehead atoms. The number of ether oxygens (including phenoxy) is 1. The molecule has 0 spiro atoms. The number of likely N-dealkylation sites (N-methyl/N-ethyl adjacent to an activating group) is 1. The highest BCUT2D eigenvalue weighted by atomic mass is 16.5. The molecule has 2 saturated heterocycles. The van der Waals surface area contributed by atoms with Crippen molar-refractivity contribution in [1.29, 1.82) is 0 Å². The third-order valence-electron chi connectivity index (χ3n) is 4.93. The second-order valence-electron chi connectivity index (χ2n) is 6.66. The highest BCUT2D eigenvalue weighted by Crippen LogP contribution is 2.29. The van der Waals surface area contributed by atoms with E-state index in [1.54, 1.807) is 0 Å². The maximum Gasteiger partial charge on any atom is 0.238 e. The quantitative estimate of drug-likeness (QED) is 0.845. The number of para-hydroxylation sites is 2. The maximum atomic E-state index is 12.4. The zero-order valence-electron chi connectivity index (χ0n) is 14.0. The molecule has 5 heteroatoms. The monoisotopic (exact) mass is 317 g/mol. The summed E-state index contributed by atoms with van der Waals surface area (Å²) in [6.45, 7) is 2.95. The van der Waals surface area contributed by atoms with Crippen molar-refractivity contribution in [2.75, 3.05) is 25.5 Å². The number of hydrogen-bond donors (Lipinski definition) is 2. The molecular formula is C18H27N3O2. The van der Waals surface area contributed by atoms with Crippen molar-refractivity contribution in [3.05, 3.63) is 24.3 Å². The van der Waals surface area contributed by atoms with Crippen LogP contribution in [0.1, 0.15) is 32.6 Å². The minimum atomic E-state index is 0.0190. The lowest BCUT2D eigenvalue weighted by molar-refractivity contribution is -0.117. The van der Waals surface area contributed by atoms with Crippen molar-refractivity contribution in [1.82, 2.24) is 10.2 Å². The SMILES string of the molecule is CCOc1ccccc1NC(=O)CN(C)C1CC2CCC(C1)N2. The molecular weight excluding hydrogens is 290 g/mol. The molecule has 2 unspecified atom stereocenters. The van der Waals surface area contributed by atoms with Crippen LogP contribution in [0.5, 0.6) is 5.75 Å². The van der Waals surface area contributed by atoms with Crippen LogP contribution in [-0.2, 0) is 4.79 Å². The smallest absolute Gasteiger partial charge is 0.238 e. The van der Waals surface area contributed by atoms with Gasteiger partial charge in [-0.1, -0.05) is 12.1 Å². The van der Waals surface area contributed by atoms with Gasteiger partial charge in [-0.05, 0) is 51.8 Å². The van der Waals surface area contributed by atoms with E-state index in [2.05, 4.69) is 22.6 Å². The predicted octanol–water partition coefficient (Wildman–Crippen LogP) is 2.24. The molecule has 1 aromatic rings. The Bertz CT molecular complexity index is 537. The first kappa shape index (κ1) is 16.3. The van der Waals surface area contributed by atoms with Gasteiger partial charge in [-0.3, -0.25) is 9.69 Å². The average Bonchev–Trinajstić information content (AvgIpc) is 2.87. The lowest BCUT2D eigenvalue weighted by Gasteiger charge is -2.35. The van der Waals surface area contributed by atoms with Gasteiger partial charge in [0.2, 0.25) is 5.91 Å². The Morgan fingerprint density at radius 1 is 1.30 bits per heavy atom. The largest absolute Gasteiger partial charge is 0.492 e. The van der Waals surface area contributed by atoms with Crippen molar-refractivity contribution in [3.8, 4) is 5.75 Å². The van der Waals surface area contributed by atoms with E-state index in [-0.39, 0.29) is 5.91 Å². The van der Waals surface area contributed by atoms with Crippen LogP contribution in [0.4, 0.5) is 5.69 Å². The predicted molar refractivity (Wildman–Crippen MR) is 91.8 cm³/mol. The topological polar surface area (TPSA) is 53.6 Å². The minimum Gasteiger partial charge on any atom is -0.492 e. The molecule has 1 aromatic carbocycles. The van der Waals surface area contributed by atoms with Crippen LogP contribution in [0.25, 0.3) is 0 Å². The van der Waals surface area contributed by atoms with E-state index in [1.165, 1.54) is 12.8 Å². The number of carbonyl (C=O) groups is 1. The van der Waals surface area contributed by atoms with E-state index >= 15 is 0 Å². The first-order chi connectivity index (χ1) is 11.2. The Morgan fingerprint density at radius 2 is 2.00 bits per heavy atom. The number of anilines is 1. The van der Waals surface area contributed by atoms with Gasteiger partial charge >= 0.3 is 0 Å². The van der Waals surface area contributed by atoms with Gasteiger partial charge in [0, 0.05) is 18.1 Å². The number of hydrogen-bond acceptors (Lipinski definition) is 4. The first-order valence-corrected chi connectivity index (χ1v) is 8.63. The molecule has 23 heavy (non-hydrogen) atoms. The average molecular weight is 317 g/mol. The molecule has 0 aromatic heterocycles. The summed E-state index contributed by atoms with van der Waals surface area (Å²) in [7, 11) is 2.06. The van der Waals surface area contributed by atoms with Gasteiger partial charge in [-0.2, -0.15) is 0 Å². The van der Waals surface area contributed by atoms with Crippen LogP contribution >= 0.6 is 0 Å². The molecule has 0 saturated carbocycles. The fourth-order valence-electron chi connectivity index (χ4n) is 3.78. The van der Waals surface area contributed by atoms with Gasteiger partial charge in [-0.25, -0.2) is 0 Å². The third-order valence-corrected chi connectivity index (χ3v) is 4.93. The molecule has 2 fully saturated rings. The lowest BCUT2D eigenvalue weighted by Crippen LogP contribution is -2.48. The molecule has 2 N–H and O–H groups in total. The molecule has 1 amide bonds. The number of nitrogens with zero attached hydrogens (tertiary/aromatic N) is 1. The summed E-state index contributed by atoms with van der Waals surface area (Å²) < 4.78 is 5.56. The van der Waals surface area contributed by atoms with Crippen molar-refractivity contribution in [2.45, 2.75) is 50.7 Å². The van der Waals surface area contributed by atoms with Gasteiger partial charge < -0.3 is 15.4 Å². The van der Waals surface area contributed by atoms with Crippen LogP contribution in [0.15, 0.2) is 24.3 Å². The molecule has 126 valence electrons. The third kappa shape index (κ3) is 4.03. The van der Waals surface area contributed by atoms with Gasteiger partial charge in [0.15, 0.2) is 0 Å². The van der Waals surface area contributed by atoms with Crippen molar-refractivity contribution in [2.24, 2.45) is 0 Å². The summed E-state index contributed by atoms with van der Waals surface area (Å²) in [6.07, 6.45) is 4.86. The van der Waals surface area contributed by atoms with Gasteiger partial charge in [0.05, 0.1) is 18.8 Å². The number of benzene rings is 1. The number of amides is 1. The van der Waals surface area contributed by atoms with Crippen LogP contribution in [-0.4, -0.2) is 49.1 Å². The summed E-state index contributed by atoms with van der Waals surface area (Å²) >= 11 is 0. The highest BCUT2D eigenvalue weighted by molar-refractivity contribution is 5.93. The molecule has 0 radical (unpaired) electrons. The van der Waals surface area contributed by atoms with Gasteiger partial charge in [-0.15, -0.1) is 0 Å². The summed E-state index contributed by atoms with van der Waals surface area (Å²) in [5, 5.41) is 6.63. The summed E-state index contributed by atoms with van der Waals surface area (Å²) in [5.41, 5.74) is 0.748. The van der Waals surface area contributed by atoms with E-state index in [1.807, 2.05) is 31.2 Å². The zero-order valence-corrected chi connectivity index (χ0v) is 14.0. The van der Waals surface area contributed by atoms with Crippen molar-refractivity contribution >= 4 is 11.6 Å². The van der Waals surface area contributed by atoms with E-state index in [0.717, 1.165) is 24.3 Å². The van der Waals surface area contributed by atoms with E-state index in [0.29, 0.717) is 31.3 Å². The number of carbonyl (C=O) groups excluding carboxylic acids is 1. The number of rotatable bonds is 6. The second kappa shape index (κ2) is 7.32. The summed E-state index contributed by atoms with van der Waals surface area (Å²) in [5.74, 6) is 0.747. The zero-order chi connectivity index (χ0) is 16.2. The van der Waals surface area contributed by atoms with Crippen LogP contribution in [0, 0.1) is 0 Å². The maximum absolute atomic E-state index is 12.4. The molecule has 5 nitrogen and oxygen atoms in total. The van der Waals surface area contributed by atoms with Gasteiger partial charge in [0.25, 0.3) is 0 Å². The second-order valence-corrected chi connectivity index (χ2v) is 6.66. The van der Waals surface area contributed by atoms with Crippen LogP contribution in [0.3, 0.4) is 0 Å². The minimum absolute atomic E-state index is 0.0190. The van der Waals surface area contributed by atoms with Gasteiger partial charge in [0.1, 0.15) is 5.75 Å². The van der Waals surface area contributed by atoms with E-state index < -0.39 is 0 Å². The molecule has 0 aliphatic carbocycles. The normalized spacial score (nSPS) is 26.3. The Balaban J connectivity index is 1.55. The highest BCUT2D eigenvalue weighted by Gasteiger charge is 2.35. The first-order valence-electron chi connectivity index (χ1n) is 8.63. The fourth-order valence-corrected chi connectivity index (χ4v) is 3.78. The van der Waals surface area contributed by atoms with Crippen molar-refractivity contribution < 1.29 is 9.53 Å². The van der Waals surface area contributed by atoms with Crippen LogP contribution in [0.2, 0.25) is 0 Å². The Morgan fingerprint density at radius 3 is 2.70 bits per heavy atom. The van der Waals surface area contributed by atoms with Crippen molar-refractivity contribution in [3.63, 3.8) is 0 Å². The van der Waals surface area contributed by atoms with Crippen LogP contribution < -0.4 is 15.4 Å². The Kier molecular flexibility index (Phi) is 5.18. The molecule has 2 aliphatic heterocycles. The summed E-state index contributed by atoms with van der Waals surface area (Å²) in [4.78, 5) is 14.6. The molecule has 3 rings (SSSR count). The molecule has 2 heterocycles. The standard InChI is InChI=1S/C18H27N3O2/c1-3-23-17-7-5-4-6-16(17)20-18(22)12-21(2)15-10-13-8-9-14(11-15)19-13/h4-7,13-15,19H,3,8-12H2,1-2H3,(H,20,22). The molecule has 2 atom stereocenters. The lowest BCUT2D eigenvalue weighted by atomic mass is 9.98. The number of fused-ring (bicyclic) bond motifs is 2.